The third-order valence-electron chi connectivity index (χ3n) is 13.6. The Balaban J connectivity index is 1.01. The van der Waals surface area contributed by atoms with Crippen molar-refractivity contribution in [2.75, 3.05) is 4.90 Å². The molecule has 12 rings (SSSR count). The Morgan fingerprint density at radius 3 is 1.41 bits per heavy atom. The molecule has 1 aliphatic rings. The molecule has 0 radical (unpaired) electrons. The minimum atomic E-state index is -0.513. The van der Waals surface area contributed by atoms with Crippen LogP contribution in [0.15, 0.2) is 273 Å². The zero-order valence-electron chi connectivity index (χ0n) is 36.4. The summed E-state index contributed by atoms with van der Waals surface area (Å²) in [7, 11) is 0. The number of nitrogens with zero attached hydrogens (tertiary/aromatic N) is 1. The van der Waals surface area contributed by atoms with Crippen molar-refractivity contribution in [2.45, 2.75) is 5.41 Å². The van der Waals surface area contributed by atoms with Crippen LogP contribution in [0.3, 0.4) is 0 Å². The van der Waals surface area contributed by atoms with Crippen molar-refractivity contribution in [3.05, 3.63) is 295 Å². The van der Waals surface area contributed by atoms with Gasteiger partial charge in [-0.1, -0.05) is 243 Å². The third kappa shape index (κ3) is 6.64. The van der Waals surface area contributed by atoms with Crippen LogP contribution in [0.4, 0.5) is 17.1 Å². The fourth-order valence-corrected chi connectivity index (χ4v) is 10.5. The normalized spacial score (nSPS) is 12.4. The highest BCUT2D eigenvalue weighted by Crippen LogP contribution is 2.59. The number of hydrogen-bond donors (Lipinski definition) is 0. The van der Waals surface area contributed by atoms with Crippen LogP contribution in [0.1, 0.15) is 22.3 Å². The number of hydrogen-bond acceptors (Lipinski definition) is 1. The van der Waals surface area contributed by atoms with Crippen LogP contribution in [0.2, 0.25) is 0 Å². The minimum absolute atomic E-state index is 0.513. The Hall–Kier alpha value is -8.52. The van der Waals surface area contributed by atoms with Crippen LogP contribution in [0.5, 0.6) is 0 Å². The summed E-state index contributed by atoms with van der Waals surface area (Å²) in [5.74, 6) is 0. The zero-order valence-corrected chi connectivity index (χ0v) is 36.4. The van der Waals surface area contributed by atoms with Gasteiger partial charge in [-0.15, -0.1) is 0 Å². The zero-order chi connectivity index (χ0) is 43.9. The Labute approximate surface area is 387 Å². The topological polar surface area (TPSA) is 3.24 Å². The fourth-order valence-electron chi connectivity index (χ4n) is 10.5. The highest BCUT2D eigenvalue weighted by molar-refractivity contribution is 5.99. The standard InChI is InChI=1S/C65H45N/c1-4-17-46(18-5-1)47-33-35-50(36-34-47)53-21-14-26-57(45-53)66(56-43-41-49(42-44-56)48-37-39-52(40-38-48)59-29-15-20-51-19-10-11-27-58(51)59)63-32-16-31-62-64(63)60-28-12-13-30-61(60)65(62,54-22-6-2-7-23-54)55-24-8-3-9-25-55/h1-45H. The van der Waals surface area contributed by atoms with E-state index in [0.717, 1.165) is 22.6 Å². The van der Waals surface area contributed by atoms with Crippen molar-refractivity contribution < 1.29 is 0 Å². The minimum Gasteiger partial charge on any atom is -0.310 e. The van der Waals surface area contributed by atoms with E-state index >= 15 is 0 Å². The third-order valence-corrected chi connectivity index (χ3v) is 13.6. The van der Waals surface area contributed by atoms with Gasteiger partial charge >= 0.3 is 0 Å². The van der Waals surface area contributed by atoms with Crippen molar-refractivity contribution in [1.29, 1.82) is 0 Å². The number of benzene rings is 11. The highest BCUT2D eigenvalue weighted by Gasteiger charge is 2.47. The molecule has 0 saturated carbocycles. The maximum atomic E-state index is 2.47. The molecular formula is C65H45N. The first-order chi connectivity index (χ1) is 32.7. The van der Waals surface area contributed by atoms with E-state index < -0.39 is 5.41 Å². The molecule has 1 nitrogen and oxygen atoms in total. The lowest BCUT2D eigenvalue weighted by molar-refractivity contribution is 0.768. The first kappa shape index (κ1) is 39.1. The molecule has 310 valence electrons. The second kappa shape index (κ2) is 16.6. The van der Waals surface area contributed by atoms with Crippen molar-refractivity contribution in [2.24, 2.45) is 0 Å². The van der Waals surface area contributed by atoms with Crippen molar-refractivity contribution in [3.8, 4) is 55.6 Å². The molecule has 0 amide bonds. The maximum absolute atomic E-state index is 2.47. The second-order valence-corrected chi connectivity index (χ2v) is 17.2. The molecule has 66 heavy (non-hydrogen) atoms. The van der Waals surface area contributed by atoms with Crippen molar-refractivity contribution in [1.82, 2.24) is 0 Å². The predicted octanol–water partition coefficient (Wildman–Crippen LogP) is 17.3. The molecule has 0 aliphatic heterocycles. The number of fused-ring (bicyclic) bond motifs is 4. The summed E-state index contributed by atoms with van der Waals surface area (Å²) in [4.78, 5) is 2.47. The summed E-state index contributed by atoms with van der Waals surface area (Å²) in [6.45, 7) is 0. The molecule has 0 fully saturated rings. The molecule has 0 unspecified atom stereocenters. The van der Waals surface area contributed by atoms with Gasteiger partial charge in [0, 0.05) is 16.9 Å². The Morgan fingerprint density at radius 2 is 0.727 bits per heavy atom. The maximum Gasteiger partial charge on any atom is 0.0714 e. The van der Waals surface area contributed by atoms with Gasteiger partial charge in [-0.05, 0) is 113 Å². The molecular weight excluding hydrogens is 795 g/mol. The fraction of sp³-hybridized carbons (Fsp3) is 0.0154. The van der Waals surface area contributed by atoms with E-state index in [4.69, 9.17) is 0 Å². The van der Waals surface area contributed by atoms with E-state index in [0.29, 0.717) is 0 Å². The molecule has 0 aromatic heterocycles. The number of rotatable bonds is 9. The lowest BCUT2D eigenvalue weighted by Crippen LogP contribution is -2.28. The van der Waals surface area contributed by atoms with Crippen molar-refractivity contribution in [3.63, 3.8) is 0 Å². The predicted molar refractivity (Wildman–Crippen MR) is 278 cm³/mol. The SMILES string of the molecule is c1ccc(-c2ccc(-c3cccc(N(c4ccc(-c5ccc(-c6cccc7ccccc67)cc5)cc4)c4cccc5c4-c4ccccc4C5(c4ccccc4)c4ccccc4)c3)cc2)cc1. The molecule has 0 atom stereocenters. The smallest absolute Gasteiger partial charge is 0.0714 e. The van der Waals surface area contributed by atoms with E-state index in [-0.39, 0.29) is 0 Å². The Morgan fingerprint density at radius 1 is 0.273 bits per heavy atom. The summed E-state index contributed by atoms with van der Waals surface area (Å²) < 4.78 is 0. The van der Waals surface area contributed by atoms with E-state index in [1.54, 1.807) is 0 Å². The summed E-state index contributed by atoms with van der Waals surface area (Å²) in [6, 6.07) is 100.0. The highest BCUT2D eigenvalue weighted by atomic mass is 15.1. The summed E-state index contributed by atoms with van der Waals surface area (Å²) in [6.07, 6.45) is 0. The lowest BCUT2D eigenvalue weighted by atomic mass is 9.68. The van der Waals surface area contributed by atoms with Gasteiger partial charge in [-0.25, -0.2) is 0 Å². The molecule has 0 spiro atoms. The van der Waals surface area contributed by atoms with Crippen LogP contribution in [0, 0.1) is 0 Å². The Kier molecular flexibility index (Phi) is 9.81. The molecule has 1 heteroatoms. The van der Waals surface area contributed by atoms with Crippen LogP contribution < -0.4 is 4.90 Å². The summed E-state index contributed by atoms with van der Waals surface area (Å²) >= 11 is 0. The first-order valence-electron chi connectivity index (χ1n) is 22.8. The Bertz CT molecular complexity index is 3440. The van der Waals surface area contributed by atoms with E-state index in [2.05, 4.69) is 278 Å². The van der Waals surface area contributed by atoms with E-state index in [9.17, 15) is 0 Å². The van der Waals surface area contributed by atoms with Crippen LogP contribution >= 0.6 is 0 Å². The van der Waals surface area contributed by atoms with Gasteiger partial charge in [0.05, 0.1) is 11.1 Å². The van der Waals surface area contributed by atoms with E-state index in [1.165, 1.54) is 83.1 Å². The van der Waals surface area contributed by atoms with Gasteiger partial charge in [-0.2, -0.15) is 0 Å². The molecule has 11 aromatic carbocycles. The van der Waals surface area contributed by atoms with Gasteiger partial charge in [-0.3, -0.25) is 0 Å². The average molecular weight is 840 g/mol. The van der Waals surface area contributed by atoms with Crippen LogP contribution in [0.25, 0.3) is 66.4 Å². The molecule has 1 aliphatic carbocycles. The number of anilines is 3. The van der Waals surface area contributed by atoms with E-state index in [1.807, 2.05) is 0 Å². The monoisotopic (exact) mass is 839 g/mol. The summed E-state index contributed by atoms with van der Waals surface area (Å²) in [5, 5.41) is 2.52. The summed E-state index contributed by atoms with van der Waals surface area (Å²) in [5.41, 5.74) is 20.0. The van der Waals surface area contributed by atoms with Crippen molar-refractivity contribution >= 4 is 27.8 Å². The molecule has 0 bridgehead atoms. The van der Waals surface area contributed by atoms with Gasteiger partial charge in [0.15, 0.2) is 0 Å². The lowest BCUT2D eigenvalue weighted by Gasteiger charge is -2.34. The van der Waals surface area contributed by atoms with Gasteiger partial charge in [0.25, 0.3) is 0 Å². The van der Waals surface area contributed by atoms with Crippen LogP contribution in [-0.4, -0.2) is 0 Å². The molecule has 11 aromatic rings. The van der Waals surface area contributed by atoms with Crippen LogP contribution in [-0.2, 0) is 5.41 Å². The first-order valence-corrected chi connectivity index (χ1v) is 22.8. The second-order valence-electron chi connectivity index (χ2n) is 17.2. The van der Waals surface area contributed by atoms with Gasteiger partial charge in [0.2, 0.25) is 0 Å². The molecule has 0 N–H and O–H groups in total. The van der Waals surface area contributed by atoms with Gasteiger partial charge < -0.3 is 4.90 Å². The average Bonchev–Trinajstić information content (AvgIpc) is 3.71. The molecule has 0 saturated heterocycles. The van der Waals surface area contributed by atoms with Gasteiger partial charge in [0.1, 0.15) is 0 Å². The molecule has 0 heterocycles. The largest absolute Gasteiger partial charge is 0.310 e. The quantitative estimate of drug-likeness (QED) is 0.140.